The van der Waals surface area contributed by atoms with E-state index in [1.54, 1.807) is 10.6 Å². The number of nitriles is 1. The van der Waals surface area contributed by atoms with Gasteiger partial charge in [-0.2, -0.15) is 28.4 Å². The van der Waals surface area contributed by atoms with Crippen molar-refractivity contribution < 1.29 is 18.3 Å². The second-order valence-electron chi connectivity index (χ2n) is 10.5. The van der Waals surface area contributed by atoms with Gasteiger partial charge >= 0.3 is 6.18 Å². The van der Waals surface area contributed by atoms with Crippen molar-refractivity contribution in [2.75, 3.05) is 5.32 Å². The van der Waals surface area contributed by atoms with Crippen LogP contribution < -0.4 is 5.32 Å². The van der Waals surface area contributed by atoms with E-state index in [1.807, 2.05) is 32.0 Å². The van der Waals surface area contributed by atoms with Crippen molar-refractivity contribution in [2.24, 2.45) is 5.92 Å². The second kappa shape index (κ2) is 10.2. The van der Waals surface area contributed by atoms with Gasteiger partial charge in [-0.05, 0) is 67.0 Å². The van der Waals surface area contributed by atoms with Gasteiger partial charge in [-0.1, -0.05) is 38.5 Å². The highest BCUT2D eigenvalue weighted by atomic mass is 19.4. The molecule has 4 aromatic rings. The van der Waals surface area contributed by atoms with Crippen LogP contribution in [0.2, 0.25) is 0 Å². The highest BCUT2D eigenvalue weighted by Crippen LogP contribution is 2.37. The van der Waals surface area contributed by atoms with Gasteiger partial charge < -0.3 is 15.0 Å². The molecule has 0 amide bonds. The van der Waals surface area contributed by atoms with Crippen molar-refractivity contribution in [3.05, 3.63) is 65.0 Å². The summed E-state index contributed by atoms with van der Waals surface area (Å²) in [6.07, 6.45) is -1.08. The number of imidazole rings is 1. The summed E-state index contributed by atoms with van der Waals surface area (Å²) in [6.45, 7) is 6.29. The molecule has 7 nitrogen and oxygen atoms in total. The fourth-order valence-corrected chi connectivity index (χ4v) is 4.89. The van der Waals surface area contributed by atoms with Crippen molar-refractivity contribution in [3.8, 4) is 23.2 Å². The van der Waals surface area contributed by atoms with Crippen LogP contribution in [0.4, 0.5) is 19.0 Å². The van der Waals surface area contributed by atoms with Gasteiger partial charge in [0.15, 0.2) is 11.5 Å². The number of halogens is 3. The van der Waals surface area contributed by atoms with Crippen LogP contribution in [0.3, 0.4) is 0 Å². The monoisotopic (exact) mass is 534 g/mol. The fourth-order valence-electron chi connectivity index (χ4n) is 4.89. The van der Waals surface area contributed by atoms with E-state index in [4.69, 9.17) is 4.98 Å². The summed E-state index contributed by atoms with van der Waals surface area (Å²) < 4.78 is 41.4. The van der Waals surface area contributed by atoms with Crippen LogP contribution in [0.25, 0.3) is 22.6 Å². The van der Waals surface area contributed by atoms with Gasteiger partial charge in [0, 0.05) is 12.6 Å². The summed E-state index contributed by atoms with van der Waals surface area (Å²) in [4.78, 5) is 13.6. The Hall–Kier alpha value is -4.13. The summed E-state index contributed by atoms with van der Waals surface area (Å²) in [5.41, 5.74) is 2.10. The summed E-state index contributed by atoms with van der Waals surface area (Å²) >= 11 is 0. The molecule has 2 aromatic carbocycles. The van der Waals surface area contributed by atoms with Crippen molar-refractivity contribution >= 4 is 17.0 Å². The van der Waals surface area contributed by atoms with Gasteiger partial charge in [0.25, 0.3) is 0 Å². The number of fused-ring (bicyclic) bond motifs is 1. The van der Waals surface area contributed by atoms with E-state index in [2.05, 4.69) is 22.2 Å². The molecule has 0 bridgehead atoms. The number of alkyl halides is 3. The molecule has 2 aromatic heterocycles. The van der Waals surface area contributed by atoms with Crippen molar-refractivity contribution in [1.29, 1.82) is 5.26 Å². The third kappa shape index (κ3) is 5.26. The van der Waals surface area contributed by atoms with Crippen LogP contribution >= 0.6 is 0 Å². The molecule has 1 aliphatic rings. The SMILES string of the molecule is CC(C)c1ccc(O)c(-c2nc3nc(C#N)nc(N[C@H](C)C4CCC4)c3n2Cc2ccc(C(F)(F)F)cc2)c1. The van der Waals surface area contributed by atoms with Gasteiger partial charge in [-0.3, -0.25) is 0 Å². The number of aromatic hydroxyl groups is 1. The zero-order valence-corrected chi connectivity index (χ0v) is 21.9. The number of hydrogen-bond acceptors (Lipinski definition) is 6. The lowest BCUT2D eigenvalue weighted by atomic mass is 9.80. The minimum absolute atomic E-state index is 0.00851. The third-order valence-electron chi connectivity index (χ3n) is 7.47. The van der Waals surface area contributed by atoms with Crippen molar-refractivity contribution in [2.45, 2.75) is 64.7 Å². The maximum atomic E-state index is 13.2. The number of rotatable bonds is 7. The first-order valence-electron chi connectivity index (χ1n) is 13.0. The Morgan fingerprint density at radius 2 is 1.79 bits per heavy atom. The van der Waals surface area contributed by atoms with E-state index in [-0.39, 0.29) is 35.7 Å². The maximum absolute atomic E-state index is 13.2. The van der Waals surface area contributed by atoms with Crippen LogP contribution in [-0.2, 0) is 12.7 Å². The fraction of sp³-hybridized carbons (Fsp3) is 0.379. The minimum atomic E-state index is -4.44. The number of benzene rings is 2. The molecular weight excluding hydrogens is 505 g/mol. The predicted octanol–water partition coefficient (Wildman–Crippen LogP) is 6.86. The molecule has 39 heavy (non-hydrogen) atoms. The molecule has 0 unspecified atom stereocenters. The standard InChI is InChI=1S/C29H29F3N6O/c1-16(2)20-9-12-23(39)22(13-20)28-37-27-25(38(28)15-18-7-10-21(11-8-18)29(30,31)32)26(35-24(14-33)36-27)34-17(3)19-5-4-6-19/h7-13,16-17,19,39H,4-6,15H2,1-3H3,(H,34,35,36)/t17-/m1/s1. The van der Waals surface area contributed by atoms with Gasteiger partial charge in [-0.25, -0.2) is 4.98 Å². The molecule has 10 heteroatoms. The molecule has 1 fully saturated rings. The number of nitrogens with one attached hydrogen (secondary N) is 1. The Morgan fingerprint density at radius 1 is 1.08 bits per heavy atom. The van der Waals surface area contributed by atoms with Gasteiger partial charge in [0.05, 0.1) is 11.1 Å². The Morgan fingerprint density at radius 3 is 2.38 bits per heavy atom. The van der Waals surface area contributed by atoms with E-state index in [1.165, 1.54) is 18.6 Å². The molecule has 2 N–H and O–H groups in total. The van der Waals surface area contributed by atoms with E-state index < -0.39 is 11.7 Å². The topological polar surface area (TPSA) is 99.7 Å². The molecule has 1 atom stereocenters. The molecule has 1 saturated carbocycles. The number of aromatic nitrogens is 4. The highest BCUT2D eigenvalue weighted by molar-refractivity contribution is 5.88. The second-order valence-corrected chi connectivity index (χ2v) is 10.5. The summed E-state index contributed by atoms with van der Waals surface area (Å²) in [5.74, 6) is 1.43. The third-order valence-corrected chi connectivity index (χ3v) is 7.47. The molecule has 202 valence electrons. The molecule has 0 radical (unpaired) electrons. The maximum Gasteiger partial charge on any atom is 0.416 e. The Kier molecular flexibility index (Phi) is 6.93. The van der Waals surface area contributed by atoms with E-state index in [9.17, 15) is 23.5 Å². The Labute approximate surface area is 224 Å². The smallest absolute Gasteiger partial charge is 0.416 e. The lowest BCUT2D eigenvalue weighted by Gasteiger charge is -2.32. The molecule has 1 aliphatic carbocycles. The molecular formula is C29H29F3N6O. The lowest BCUT2D eigenvalue weighted by Crippen LogP contribution is -2.31. The number of anilines is 1. The summed E-state index contributed by atoms with van der Waals surface area (Å²) in [6, 6.07) is 12.3. The molecule has 0 saturated heterocycles. The van der Waals surface area contributed by atoms with Crippen LogP contribution in [0.15, 0.2) is 42.5 Å². The zero-order chi connectivity index (χ0) is 27.9. The quantitative estimate of drug-likeness (QED) is 0.269. The average Bonchev–Trinajstić information content (AvgIpc) is 3.20. The molecule has 5 rings (SSSR count). The number of hydrogen-bond donors (Lipinski definition) is 2. The van der Waals surface area contributed by atoms with Crippen LogP contribution in [0.5, 0.6) is 5.75 Å². The zero-order valence-electron chi connectivity index (χ0n) is 21.9. The predicted molar refractivity (Wildman–Crippen MR) is 142 cm³/mol. The van der Waals surface area contributed by atoms with Gasteiger partial charge in [0.1, 0.15) is 23.2 Å². The summed E-state index contributed by atoms with van der Waals surface area (Å²) in [7, 11) is 0. The van der Waals surface area contributed by atoms with E-state index >= 15 is 0 Å². The van der Waals surface area contributed by atoms with E-state index in [0.717, 1.165) is 30.5 Å². The summed E-state index contributed by atoms with van der Waals surface area (Å²) in [5, 5.41) is 23.9. The van der Waals surface area contributed by atoms with Crippen LogP contribution in [-0.4, -0.2) is 30.7 Å². The van der Waals surface area contributed by atoms with E-state index in [0.29, 0.717) is 34.2 Å². The first-order valence-corrected chi connectivity index (χ1v) is 13.0. The highest BCUT2D eigenvalue weighted by Gasteiger charge is 2.30. The Balaban J connectivity index is 1.70. The first-order chi connectivity index (χ1) is 18.5. The molecule has 2 heterocycles. The Bertz CT molecular complexity index is 1550. The molecule has 0 aliphatic heterocycles. The number of phenolic OH excluding ortho intramolecular Hbond substituents is 1. The minimum Gasteiger partial charge on any atom is -0.507 e. The van der Waals surface area contributed by atoms with Crippen molar-refractivity contribution in [1.82, 2.24) is 19.5 Å². The molecule has 0 spiro atoms. The number of nitrogens with zero attached hydrogens (tertiary/aromatic N) is 5. The van der Waals surface area contributed by atoms with Crippen LogP contribution in [0.1, 0.15) is 68.5 Å². The number of phenols is 1. The normalized spacial score (nSPS) is 14.8. The average molecular weight is 535 g/mol. The van der Waals surface area contributed by atoms with Gasteiger partial charge in [0.2, 0.25) is 5.82 Å². The van der Waals surface area contributed by atoms with Crippen molar-refractivity contribution in [3.63, 3.8) is 0 Å². The lowest BCUT2D eigenvalue weighted by molar-refractivity contribution is -0.137. The largest absolute Gasteiger partial charge is 0.507 e. The van der Waals surface area contributed by atoms with Gasteiger partial charge in [-0.15, -0.1) is 0 Å². The first kappa shape index (κ1) is 26.5. The van der Waals surface area contributed by atoms with Crippen LogP contribution in [0, 0.1) is 17.2 Å².